The molecule has 4 nitrogen and oxygen atoms in total. The number of carbonyl (C=O) groups is 1. The Hall–Kier alpha value is -1.32. The topological polar surface area (TPSA) is 55.1 Å². The first-order valence-corrected chi connectivity index (χ1v) is 5.79. The normalized spacial score (nSPS) is 17.2. The summed E-state index contributed by atoms with van der Waals surface area (Å²) in [6, 6.07) is 0.299. The van der Waals surface area contributed by atoms with Crippen LogP contribution < -0.4 is 5.32 Å². The minimum atomic E-state index is 0.0637. The van der Waals surface area contributed by atoms with Gasteiger partial charge in [0.15, 0.2) is 0 Å². The number of hydrogen-bond donors (Lipinski definition) is 1. The Labute approximate surface area is 95.4 Å². The summed E-state index contributed by atoms with van der Waals surface area (Å²) >= 11 is 0. The Bertz CT molecular complexity index is 374. The van der Waals surface area contributed by atoms with E-state index in [1.54, 1.807) is 0 Å². The van der Waals surface area contributed by atoms with Gasteiger partial charge in [0.05, 0.1) is 12.1 Å². The van der Waals surface area contributed by atoms with E-state index in [0.717, 1.165) is 17.0 Å². The predicted molar refractivity (Wildman–Crippen MR) is 60.0 cm³/mol. The number of aromatic nitrogens is 1. The van der Waals surface area contributed by atoms with Gasteiger partial charge in [0, 0.05) is 11.6 Å². The maximum Gasteiger partial charge on any atom is 0.224 e. The van der Waals surface area contributed by atoms with Crippen LogP contribution in [-0.2, 0) is 11.2 Å². The van der Waals surface area contributed by atoms with Gasteiger partial charge >= 0.3 is 0 Å². The number of aryl methyl sites for hydroxylation is 2. The van der Waals surface area contributed by atoms with Crippen molar-refractivity contribution in [3.05, 3.63) is 17.0 Å². The zero-order valence-corrected chi connectivity index (χ0v) is 10.0. The van der Waals surface area contributed by atoms with Gasteiger partial charge in [0.2, 0.25) is 5.91 Å². The van der Waals surface area contributed by atoms with Crippen molar-refractivity contribution < 1.29 is 9.32 Å². The van der Waals surface area contributed by atoms with Gasteiger partial charge in [0.25, 0.3) is 0 Å². The molecule has 0 spiro atoms. The van der Waals surface area contributed by atoms with Gasteiger partial charge < -0.3 is 9.84 Å². The van der Waals surface area contributed by atoms with Crippen molar-refractivity contribution in [2.75, 3.05) is 0 Å². The van der Waals surface area contributed by atoms with Gasteiger partial charge in [-0.3, -0.25) is 4.79 Å². The number of nitrogens with zero attached hydrogens (tertiary/aromatic N) is 1. The van der Waals surface area contributed by atoms with E-state index >= 15 is 0 Å². The fraction of sp³-hybridized carbons (Fsp3) is 0.667. The third kappa shape index (κ3) is 2.43. The largest absolute Gasteiger partial charge is 0.361 e. The van der Waals surface area contributed by atoms with Crippen molar-refractivity contribution in [3.63, 3.8) is 0 Å². The molecule has 1 amide bonds. The Morgan fingerprint density at radius 1 is 1.56 bits per heavy atom. The molecular formula is C12H18N2O2. The van der Waals surface area contributed by atoms with E-state index in [4.69, 9.17) is 4.52 Å². The molecule has 0 unspecified atom stereocenters. The van der Waals surface area contributed by atoms with Gasteiger partial charge in [0.1, 0.15) is 5.76 Å². The molecular weight excluding hydrogens is 204 g/mol. The summed E-state index contributed by atoms with van der Waals surface area (Å²) in [5.41, 5.74) is 1.73. The molecule has 0 saturated heterocycles. The molecule has 88 valence electrons. The molecule has 1 saturated carbocycles. The lowest BCUT2D eigenvalue weighted by Crippen LogP contribution is -2.35. The molecule has 0 radical (unpaired) electrons. The molecule has 2 rings (SSSR count). The second kappa shape index (κ2) is 4.28. The fourth-order valence-corrected chi connectivity index (χ4v) is 1.93. The smallest absolute Gasteiger partial charge is 0.224 e. The van der Waals surface area contributed by atoms with Crippen LogP contribution in [0, 0.1) is 19.8 Å². The first-order valence-electron chi connectivity index (χ1n) is 5.79. The molecule has 0 aliphatic heterocycles. The maximum atomic E-state index is 11.8. The van der Waals surface area contributed by atoms with E-state index in [2.05, 4.69) is 17.4 Å². The lowest BCUT2D eigenvalue weighted by atomic mass is 10.1. The van der Waals surface area contributed by atoms with Crippen molar-refractivity contribution >= 4 is 5.91 Å². The number of amides is 1. The Kier molecular flexibility index (Phi) is 2.99. The van der Waals surface area contributed by atoms with Gasteiger partial charge in [-0.15, -0.1) is 0 Å². The van der Waals surface area contributed by atoms with Crippen LogP contribution in [0.1, 0.15) is 36.8 Å². The summed E-state index contributed by atoms with van der Waals surface area (Å²) in [4.78, 5) is 11.8. The first-order chi connectivity index (χ1) is 7.58. The second-order valence-corrected chi connectivity index (χ2v) is 4.67. The van der Waals surface area contributed by atoms with Crippen LogP contribution in [0.5, 0.6) is 0 Å². The van der Waals surface area contributed by atoms with Gasteiger partial charge in [-0.1, -0.05) is 5.16 Å². The molecule has 1 N–H and O–H groups in total. The van der Waals surface area contributed by atoms with E-state index in [0.29, 0.717) is 18.4 Å². The third-order valence-corrected chi connectivity index (χ3v) is 3.24. The highest BCUT2D eigenvalue weighted by molar-refractivity contribution is 5.79. The minimum absolute atomic E-state index is 0.0637. The van der Waals surface area contributed by atoms with Crippen molar-refractivity contribution in [2.45, 2.75) is 46.1 Å². The lowest BCUT2D eigenvalue weighted by molar-refractivity contribution is -0.121. The van der Waals surface area contributed by atoms with E-state index in [1.165, 1.54) is 12.8 Å². The Balaban J connectivity index is 1.91. The molecule has 0 bridgehead atoms. The van der Waals surface area contributed by atoms with Crippen LogP contribution in [0.2, 0.25) is 0 Å². The average Bonchev–Trinajstić information content (AvgIpc) is 3.01. The van der Waals surface area contributed by atoms with Crippen LogP contribution in [0.4, 0.5) is 0 Å². The standard InChI is InChI=1S/C12H18N2O2/c1-7(10-4-5-10)13-12(15)6-11-8(2)14-16-9(11)3/h7,10H,4-6H2,1-3H3,(H,13,15)/t7-/m1/s1. The van der Waals surface area contributed by atoms with Gasteiger partial charge in [-0.05, 0) is 39.5 Å². The number of nitrogens with one attached hydrogen (secondary N) is 1. The molecule has 1 aromatic rings. The lowest BCUT2D eigenvalue weighted by Gasteiger charge is -2.12. The quantitative estimate of drug-likeness (QED) is 0.844. The summed E-state index contributed by atoms with van der Waals surface area (Å²) < 4.78 is 5.03. The average molecular weight is 222 g/mol. The predicted octanol–water partition coefficient (Wildman–Crippen LogP) is 1.75. The molecule has 1 atom stereocenters. The third-order valence-electron chi connectivity index (χ3n) is 3.24. The van der Waals surface area contributed by atoms with E-state index < -0.39 is 0 Å². The molecule has 1 aromatic heterocycles. The van der Waals surface area contributed by atoms with E-state index in [1.807, 2.05) is 13.8 Å². The van der Waals surface area contributed by atoms with Gasteiger partial charge in [-0.2, -0.15) is 0 Å². The minimum Gasteiger partial charge on any atom is -0.361 e. The summed E-state index contributed by atoms with van der Waals surface area (Å²) in [7, 11) is 0. The number of hydrogen-bond acceptors (Lipinski definition) is 3. The Morgan fingerprint density at radius 3 is 2.75 bits per heavy atom. The highest BCUT2D eigenvalue weighted by atomic mass is 16.5. The Morgan fingerprint density at radius 2 is 2.25 bits per heavy atom. The maximum absolute atomic E-state index is 11.8. The highest BCUT2D eigenvalue weighted by Gasteiger charge is 2.29. The summed E-state index contributed by atoms with van der Waals surface area (Å²) in [6.45, 7) is 5.78. The summed E-state index contributed by atoms with van der Waals surface area (Å²) in [5, 5.41) is 6.87. The molecule has 1 heterocycles. The SMILES string of the molecule is Cc1noc(C)c1CC(=O)N[C@H](C)C1CC1. The van der Waals surface area contributed by atoms with E-state index in [9.17, 15) is 4.79 Å². The molecule has 0 aromatic carbocycles. The summed E-state index contributed by atoms with van der Waals surface area (Å²) in [6.07, 6.45) is 2.86. The fourth-order valence-electron chi connectivity index (χ4n) is 1.93. The molecule has 16 heavy (non-hydrogen) atoms. The zero-order valence-electron chi connectivity index (χ0n) is 10.0. The molecule has 1 fully saturated rings. The monoisotopic (exact) mass is 222 g/mol. The van der Waals surface area contributed by atoms with Crippen LogP contribution >= 0.6 is 0 Å². The highest BCUT2D eigenvalue weighted by Crippen LogP contribution is 2.32. The van der Waals surface area contributed by atoms with Crippen molar-refractivity contribution in [1.82, 2.24) is 10.5 Å². The van der Waals surface area contributed by atoms with Crippen molar-refractivity contribution in [1.29, 1.82) is 0 Å². The van der Waals surface area contributed by atoms with E-state index in [-0.39, 0.29) is 5.91 Å². The van der Waals surface area contributed by atoms with Gasteiger partial charge in [-0.25, -0.2) is 0 Å². The van der Waals surface area contributed by atoms with Crippen LogP contribution in [0.15, 0.2) is 4.52 Å². The second-order valence-electron chi connectivity index (χ2n) is 4.67. The van der Waals surface area contributed by atoms with Crippen molar-refractivity contribution in [2.24, 2.45) is 5.92 Å². The molecule has 4 heteroatoms. The summed E-state index contributed by atoms with van der Waals surface area (Å²) in [5.74, 6) is 1.49. The van der Waals surface area contributed by atoms with Crippen LogP contribution in [0.3, 0.4) is 0 Å². The molecule has 1 aliphatic carbocycles. The zero-order chi connectivity index (χ0) is 11.7. The number of carbonyl (C=O) groups excluding carboxylic acids is 1. The molecule has 1 aliphatic rings. The number of rotatable bonds is 4. The van der Waals surface area contributed by atoms with Crippen LogP contribution in [0.25, 0.3) is 0 Å². The van der Waals surface area contributed by atoms with Crippen LogP contribution in [-0.4, -0.2) is 17.1 Å². The van der Waals surface area contributed by atoms with Crippen molar-refractivity contribution in [3.8, 4) is 0 Å². The first kappa shape index (κ1) is 11.2.